The van der Waals surface area contributed by atoms with E-state index in [-0.39, 0.29) is 15.7 Å². The number of nitrogens with zero attached hydrogens (tertiary/aromatic N) is 1. The van der Waals surface area contributed by atoms with Gasteiger partial charge in [-0.15, -0.1) is 0 Å². The Kier molecular flexibility index (Phi) is 5.97. The zero-order valence-corrected chi connectivity index (χ0v) is 15.7. The predicted molar refractivity (Wildman–Crippen MR) is 102 cm³/mol. The Labute approximate surface area is 163 Å². The maximum atomic E-state index is 12.9. The molecule has 144 valence electrons. The van der Waals surface area contributed by atoms with E-state index in [1.54, 1.807) is 0 Å². The molecule has 0 unspecified atom stereocenters. The van der Waals surface area contributed by atoms with E-state index >= 15 is 0 Å². The number of hydrogen-bond acceptors (Lipinski definition) is 4. The van der Waals surface area contributed by atoms with Crippen LogP contribution < -0.4 is 15.4 Å². The molecule has 12 heteroatoms. The molecule has 0 aliphatic carbocycles. The lowest BCUT2D eigenvalue weighted by atomic mass is 10.2. The maximum Gasteiger partial charge on any atom is 0.417 e. The molecular formula is C15H12ClF3N4O2S2. The smallest absolute Gasteiger partial charge is 0.376 e. The van der Waals surface area contributed by atoms with Crippen molar-refractivity contribution in [1.29, 1.82) is 5.41 Å². The highest BCUT2D eigenvalue weighted by molar-refractivity contribution is 7.92. The molecule has 2 rings (SSSR count). The third-order valence-electron chi connectivity index (χ3n) is 3.32. The summed E-state index contributed by atoms with van der Waals surface area (Å²) in [6.45, 7) is 0. The second kappa shape index (κ2) is 7.71. The Morgan fingerprint density at radius 1 is 1.22 bits per heavy atom. The van der Waals surface area contributed by atoms with Crippen LogP contribution in [0.2, 0.25) is 5.02 Å². The van der Waals surface area contributed by atoms with E-state index in [0.717, 1.165) is 23.4 Å². The van der Waals surface area contributed by atoms with Gasteiger partial charge in [-0.3, -0.25) is 15.0 Å². The van der Waals surface area contributed by atoms with Crippen molar-refractivity contribution in [3.05, 3.63) is 53.1 Å². The quantitative estimate of drug-likeness (QED) is 0.376. The van der Waals surface area contributed by atoms with Gasteiger partial charge in [0.15, 0.2) is 5.11 Å². The Morgan fingerprint density at radius 3 is 2.30 bits per heavy atom. The standard InChI is InChI=1S/C15H12ClF3N4O2S2/c16-13-6-1-9(7-12(13)15(17,18)19)22-27(24,25)11-4-2-10(3-5-11)23(8-20)14(21)26/h1-8,20,22H,(H2,21,26). The lowest BCUT2D eigenvalue weighted by Gasteiger charge is -2.17. The minimum absolute atomic E-state index is 0.112. The number of rotatable bonds is 5. The summed E-state index contributed by atoms with van der Waals surface area (Å²) < 4.78 is 65.6. The summed E-state index contributed by atoms with van der Waals surface area (Å²) in [6.07, 6.45) is -3.87. The minimum Gasteiger partial charge on any atom is -0.376 e. The lowest BCUT2D eigenvalue weighted by molar-refractivity contribution is -0.137. The van der Waals surface area contributed by atoms with E-state index in [4.69, 9.17) is 35.0 Å². The number of anilines is 2. The number of nitrogens with one attached hydrogen (secondary N) is 2. The molecule has 0 atom stereocenters. The molecule has 0 fully saturated rings. The van der Waals surface area contributed by atoms with Gasteiger partial charge in [0.2, 0.25) is 0 Å². The molecule has 2 aromatic carbocycles. The van der Waals surface area contributed by atoms with Crippen LogP contribution in [-0.4, -0.2) is 19.9 Å². The number of nitrogens with two attached hydrogens (primary N) is 1. The van der Waals surface area contributed by atoms with Crippen LogP contribution in [0, 0.1) is 5.41 Å². The van der Waals surface area contributed by atoms with Crippen molar-refractivity contribution < 1.29 is 21.6 Å². The molecule has 0 bridgehead atoms. The molecule has 0 amide bonds. The molecule has 0 spiro atoms. The Bertz CT molecular complexity index is 980. The summed E-state index contributed by atoms with van der Waals surface area (Å²) in [5.74, 6) is 0. The molecule has 2 aromatic rings. The summed E-state index contributed by atoms with van der Waals surface area (Å²) >= 11 is 10.3. The van der Waals surface area contributed by atoms with Crippen LogP contribution in [0.4, 0.5) is 24.5 Å². The van der Waals surface area contributed by atoms with Crippen LogP contribution in [0.3, 0.4) is 0 Å². The van der Waals surface area contributed by atoms with Crippen LogP contribution in [0.25, 0.3) is 0 Å². The molecule has 0 saturated carbocycles. The maximum absolute atomic E-state index is 12.9. The number of sulfonamides is 1. The van der Waals surface area contributed by atoms with E-state index in [9.17, 15) is 21.6 Å². The first-order valence-electron chi connectivity index (χ1n) is 7.04. The Hall–Kier alpha value is -2.37. The van der Waals surface area contributed by atoms with Crippen LogP contribution in [0.15, 0.2) is 47.4 Å². The summed E-state index contributed by atoms with van der Waals surface area (Å²) in [7, 11) is -4.16. The van der Waals surface area contributed by atoms with Crippen molar-refractivity contribution in [2.24, 2.45) is 5.73 Å². The fourth-order valence-electron chi connectivity index (χ4n) is 2.07. The molecule has 0 radical (unpaired) electrons. The number of alkyl halides is 3. The van der Waals surface area contributed by atoms with Crippen LogP contribution >= 0.6 is 23.8 Å². The van der Waals surface area contributed by atoms with Crippen LogP contribution in [0.1, 0.15) is 5.56 Å². The average molecular weight is 437 g/mol. The molecule has 0 saturated heterocycles. The van der Waals surface area contributed by atoms with Crippen molar-refractivity contribution in [3.8, 4) is 0 Å². The number of benzene rings is 2. The van der Waals surface area contributed by atoms with Gasteiger partial charge in [-0.25, -0.2) is 8.42 Å². The molecular weight excluding hydrogens is 425 g/mol. The number of hydrogen-bond donors (Lipinski definition) is 3. The van der Waals surface area contributed by atoms with Crippen molar-refractivity contribution in [2.45, 2.75) is 11.1 Å². The molecule has 27 heavy (non-hydrogen) atoms. The normalized spacial score (nSPS) is 11.7. The van der Waals surface area contributed by atoms with Gasteiger partial charge in [0.1, 0.15) is 0 Å². The van der Waals surface area contributed by atoms with Gasteiger partial charge in [0.25, 0.3) is 10.0 Å². The predicted octanol–water partition coefficient (Wildman–Crippen LogP) is 3.82. The van der Waals surface area contributed by atoms with Gasteiger partial charge in [-0.1, -0.05) is 11.6 Å². The van der Waals surface area contributed by atoms with Crippen molar-refractivity contribution in [1.82, 2.24) is 0 Å². The summed E-state index contributed by atoms with van der Waals surface area (Å²) in [5, 5.41) is 6.59. The van der Waals surface area contributed by atoms with E-state index in [1.807, 2.05) is 0 Å². The van der Waals surface area contributed by atoms with E-state index in [0.29, 0.717) is 11.8 Å². The first-order valence-corrected chi connectivity index (χ1v) is 9.31. The highest BCUT2D eigenvalue weighted by atomic mass is 35.5. The fraction of sp³-hybridized carbons (Fsp3) is 0.0667. The highest BCUT2D eigenvalue weighted by Crippen LogP contribution is 2.36. The molecule has 4 N–H and O–H groups in total. The summed E-state index contributed by atoms with van der Waals surface area (Å²) in [4.78, 5) is 0.927. The first kappa shape index (κ1) is 20.9. The van der Waals surface area contributed by atoms with Crippen molar-refractivity contribution >= 4 is 56.7 Å². The van der Waals surface area contributed by atoms with Gasteiger partial charge >= 0.3 is 6.18 Å². The van der Waals surface area contributed by atoms with Gasteiger partial charge < -0.3 is 5.73 Å². The van der Waals surface area contributed by atoms with E-state index < -0.39 is 26.8 Å². The largest absolute Gasteiger partial charge is 0.417 e. The highest BCUT2D eigenvalue weighted by Gasteiger charge is 2.33. The monoisotopic (exact) mass is 436 g/mol. The van der Waals surface area contributed by atoms with Crippen molar-refractivity contribution in [2.75, 3.05) is 9.62 Å². The molecule has 0 aliphatic rings. The van der Waals surface area contributed by atoms with Gasteiger partial charge in [-0.2, -0.15) is 13.2 Å². The number of halogens is 4. The lowest BCUT2D eigenvalue weighted by Crippen LogP contribution is -2.33. The first-order chi connectivity index (χ1) is 12.5. The van der Waals surface area contributed by atoms with E-state index in [2.05, 4.69) is 4.72 Å². The fourth-order valence-corrected chi connectivity index (χ4v) is 3.50. The van der Waals surface area contributed by atoms with Crippen molar-refractivity contribution in [3.63, 3.8) is 0 Å². The SMILES string of the molecule is N=CN(C(N)=S)c1ccc(S(=O)(=O)Nc2ccc(Cl)c(C(F)(F)F)c2)cc1. The van der Waals surface area contributed by atoms with Crippen LogP contribution in [-0.2, 0) is 16.2 Å². The summed E-state index contributed by atoms with van der Waals surface area (Å²) in [5.41, 5.74) is 4.34. The summed E-state index contributed by atoms with van der Waals surface area (Å²) in [6, 6.07) is 7.78. The number of thiocarbonyl (C=S) groups is 1. The minimum atomic E-state index is -4.73. The van der Waals surface area contributed by atoms with Gasteiger partial charge in [0, 0.05) is 11.4 Å². The molecule has 0 aromatic heterocycles. The zero-order valence-electron chi connectivity index (χ0n) is 13.3. The Balaban J connectivity index is 2.32. The van der Waals surface area contributed by atoms with Gasteiger partial charge in [-0.05, 0) is 54.7 Å². The third-order valence-corrected chi connectivity index (χ3v) is 5.24. The second-order valence-electron chi connectivity index (χ2n) is 5.13. The molecule has 6 nitrogen and oxygen atoms in total. The topological polar surface area (TPSA) is 99.3 Å². The second-order valence-corrected chi connectivity index (χ2v) is 7.64. The van der Waals surface area contributed by atoms with Gasteiger partial charge in [0.05, 0.1) is 21.8 Å². The van der Waals surface area contributed by atoms with Crippen LogP contribution in [0.5, 0.6) is 0 Å². The van der Waals surface area contributed by atoms with E-state index in [1.165, 1.54) is 24.3 Å². The zero-order chi connectivity index (χ0) is 20.4. The molecule has 0 aliphatic heterocycles. The average Bonchev–Trinajstić information content (AvgIpc) is 2.56. The molecule has 0 heterocycles. The third kappa shape index (κ3) is 4.87. The Morgan fingerprint density at radius 2 is 1.81 bits per heavy atom.